The smallest absolute Gasteiger partial charge is 0.274 e. The summed E-state index contributed by atoms with van der Waals surface area (Å²) in [5.41, 5.74) is 3.02. The number of fused-ring (bicyclic) bond motifs is 2. The summed E-state index contributed by atoms with van der Waals surface area (Å²) in [7, 11) is 1.73. The maximum absolute atomic E-state index is 13.4. The zero-order valence-electron chi connectivity index (χ0n) is 16.7. The SMILES string of the molecule is COCCCN(C[C@@H]1CCCN2CCCC[C@@H]12)C(=O)c1n[nH]c2c1CCC2. The third kappa shape index (κ3) is 4.06. The van der Waals surface area contributed by atoms with Gasteiger partial charge < -0.3 is 14.5 Å². The van der Waals surface area contributed by atoms with E-state index in [4.69, 9.17) is 4.74 Å². The predicted octanol–water partition coefficient (Wildman–Crippen LogP) is 2.64. The number of methoxy groups -OCH3 is 1. The van der Waals surface area contributed by atoms with Gasteiger partial charge in [-0.3, -0.25) is 9.89 Å². The van der Waals surface area contributed by atoms with Crippen molar-refractivity contribution in [2.45, 2.75) is 63.8 Å². The fourth-order valence-corrected chi connectivity index (χ4v) is 5.39. The van der Waals surface area contributed by atoms with Gasteiger partial charge in [0.15, 0.2) is 5.69 Å². The number of ether oxygens (including phenoxy) is 1. The fourth-order valence-electron chi connectivity index (χ4n) is 5.39. The molecule has 27 heavy (non-hydrogen) atoms. The number of amides is 1. The standard InChI is InChI=1S/C21H34N4O2/c1-27-14-6-13-25(21(26)20-17-8-4-9-18(17)22-23-20)15-16-7-5-12-24-11-3-2-10-19(16)24/h16,19H,2-15H2,1H3,(H,22,23)/t16-,19-/m0/s1. The molecule has 0 saturated carbocycles. The number of hydrogen-bond donors (Lipinski definition) is 1. The minimum Gasteiger partial charge on any atom is -0.385 e. The Morgan fingerprint density at radius 2 is 2.11 bits per heavy atom. The number of nitrogens with one attached hydrogen (secondary N) is 1. The summed E-state index contributed by atoms with van der Waals surface area (Å²) >= 11 is 0. The molecule has 1 aromatic heterocycles. The molecule has 2 saturated heterocycles. The Hall–Kier alpha value is -1.40. The lowest BCUT2D eigenvalue weighted by molar-refractivity contribution is 0.0344. The highest BCUT2D eigenvalue weighted by molar-refractivity contribution is 5.94. The van der Waals surface area contributed by atoms with E-state index < -0.39 is 0 Å². The van der Waals surface area contributed by atoms with Gasteiger partial charge in [-0.05, 0) is 70.4 Å². The number of rotatable bonds is 7. The van der Waals surface area contributed by atoms with Gasteiger partial charge in [0.05, 0.1) is 0 Å². The van der Waals surface area contributed by atoms with Crippen molar-refractivity contribution in [1.82, 2.24) is 20.0 Å². The minimum atomic E-state index is 0.124. The van der Waals surface area contributed by atoms with Crippen molar-refractivity contribution in [1.29, 1.82) is 0 Å². The molecule has 6 heteroatoms. The zero-order valence-corrected chi connectivity index (χ0v) is 16.7. The van der Waals surface area contributed by atoms with E-state index in [9.17, 15) is 4.79 Å². The largest absolute Gasteiger partial charge is 0.385 e. The number of hydrogen-bond acceptors (Lipinski definition) is 4. The molecule has 0 bridgehead atoms. The summed E-state index contributed by atoms with van der Waals surface area (Å²) < 4.78 is 5.24. The summed E-state index contributed by atoms with van der Waals surface area (Å²) in [4.78, 5) is 18.1. The van der Waals surface area contributed by atoms with Crippen LogP contribution >= 0.6 is 0 Å². The molecule has 0 radical (unpaired) electrons. The first-order valence-electron chi connectivity index (χ1n) is 10.9. The van der Waals surface area contributed by atoms with E-state index in [1.165, 1.54) is 56.5 Å². The molecule has 1 aliphatic carbocycles. The molecule has 2 atom stereocenters. The number of carbonyl (C=O) groups excluding carboxylic acids is 1. The number of piperidine rings is 2. The molecule has 150 valence electrons. The Morgan fingerprint density at radius 3 is 3.00 bits per heavy atom. The van der Waals surface area contributed by atoms with Gasteiger partial charge in [0.25, 0.3) is 5.91 Å². The van der Waals surface area contributed by atoms with Crippen molar-refractivity contribution in [2.75, 3.05) is 39.9 Å². The summed E-state index contributed by atoms with van der Waals surface area (Å²) in [5.74, 6) is 0.718. The quantitative estimate of drug-likeness (QED) is 0.746. The van der Waals surface area contributed by atoms with E-state index >= 15 is 0 Å². The molecule has 3 heterocycles. The van der Waals surface area contributed by atoms with E-state index in [2.05, 4.69) is 20.0 Å². The Kier molecular flexibility index (Phi) is 6.13. The van der Waals surface area contributed by atoms with Crippen molar-refractivity contribution < 1.29 is 9.53 Å². The van der Waals surface area contributed by atoms with E-state index in [0.29, 0.717) is 24.3 Å². The average Bonchev–Trinajstić information content (AvgIpc) is 3.31. The first kappa shape index (κ1) is 18.9. The van der Waals surface area contributed by atoms with Crippen LogP contribution in [0.1, 0.15) is 66.7 Å². The Morgan fingerprint density at radius 1 is 1.22 bits per heavy atom. The lowest BCUT2D eigenvalue weighted by Crippen LogP contribution is -2.51. The maximum atomic E-state index is 13.4. The Balaban J connectivity index is 1.48. The van der Waals surface area contributed by atoms with E-state index in [1.54, 1.807) is 7.11 Å². The van der Waals surface area contributed by atoms with Gasteiger partial charge >= 0.3 is 0 Å². The van der Waals surface area contributed by atoms with Gasteiger partial charge in [-0.2, -0.15) is 5.10 Å². The molecule has 6 nitrogen and oxygen atoms in total. The van der Waals surface area contributed by atoms with Crippen LogP contribution in [0.3, 0.4) is 0 Å². The number of aromatic amines is 1. The summed E-state index contributed by atoms with van der Waals surface area (Å²) in [6.45, 7) is 4.81. The molecule has 3 aliphatic rings. The molecule has 1 aromatic rings. The molecular formula is C21H34N4O2. The topological polar surface area (TPSA) is 61.5 Å². The van der Waals surface area contributed by atoms with Gasteiger partial charge in [-0.15, -0.1) is 0 Å². The number of H-pyrrole nitrogens is 1. The van der Waals surface area contributed by atoms with Crippen LogP contribution in [0.15, 0.2) is 0 Å². The molecular weight excluding hydrogens is 340 g/mol. The summed E-state index contributed by atoms with van der Waals surface area (Å²) in [5, 5.41) is 7.51. The lowest BCUT2D eigenvalue weighted by Gasteiger charge is -2.45. The third-order valence-corrected chi connectivity index (χ3v) is 6.76. The molecule has 4 rings (SSSR count). The van der Waals surface area contributed by atoms with Crippen LogP contribution in [-0.4, -0.2) is 71.8 Å². The monoisotopic (exact) mass is 374 g/mol. The highest BCUT2D eigenvalue weighted by atomic mass is 16.5. The molecule has 0 aromatic carbocycles. The fraction of sp³-hybridized carbons (Fsp3) is 0.810. The lowest BCUT2D eigenvalue weighted by atomic mass is 9.83. The van der Waals surface area contributed by atoms with Gasteiger partial charge in [-0.1, -0.05) is 6.42 Å². The van der Waals surface area contributed by atoms with E-state index in [1.807, 2.05) is 0 Å². The first-order chi connectivity index (χ1) is 13.3. The van der Waals surface area contributed by atoms with Gasteiger partial charge in [-0.25, -0.2) is 0 Å². The van der Waals surface area contributed by atoms with Crippen LogP contribution < -0.4 is 0 Å². The Bertz CT molecular complexity index is 642. The van der Waals surface area contributed by atoms with Crippen molar-refractivity contribution >= 4 is 5.91 Å². The molecule has 1 amide bonds. The second-order valence-electron chi connectivity index (χ2n) is 8.48. The van der Waals surface area contributed by atoms with E-state index in [-0.39, 0.29) is 5.91 Å². The van der Waals surface area contributed by atoms with Gasteiger partial charge in [0.2, 0.25) is 0 Å². The first-order valence-corrected chi connectivity index (χ1v) is 10.9. The van der Waals surface area contributed by atoms with Gasteiger partial charge in [0.1, 0.15) is 0 Å². The predicted molar refractivity (Wildman–Crippen MR) is 105 cm³/mol. The molecule has 0 unspecified atom stereocenters. The van der Waals surface area contributed by atoms with Crippen LogP contribution in [0, 0.1) is 5.92 Å². The van der Waals surface area contributed by atoms with Crippen molar-refractivity contribution in [2.24, 2.45) is 5.92 Å². The summed E-state index contributed by atoms with van der Waals surface area (Å²) in [6, 6.07) is 0.662. The minimum absolute atomic E-state index is 0.124. The Labute approximate surface area is 162 Å². The third-order valence-electron chi connectivity index (χ3n) is 6.76. The number of nitrogens with zero attached hydrogens (tertiary/aromatic N) is 3. The van der Waals surface area contributed by atoms with Gasteiger partial charge in [0, 0.05) is 44.1 Å². The number of carbonyl (C=O) groups is 1. The number of aromatic nitrogens is 2. The van der Waals surface area contributed by atoms with Crippen molar-refractivity contribution in [3.63, 3.8) is 0 Å². The molecule has 2 fully saturated rings. The second kappa shape index (κ2) is 8.74. The van der Waals surface area contributed by atoms with Crippen LogP contribution in [-0.2, 0) is 17.6 Å². The average molecular weight is 375 g/mol. The number of aryl methyl sites for hydroxylation is 1. The maximum Gasteiger partial charge on any atom is 0.274 e. The van der Waals surface area contributed by atoms with Crippen LogP contribution in [0.25, 0.3) is 0 Å². The van der Waals surface area contributed by atoms with Crippen molar-refractivity contribution in [3.05, 3.63) is 17.0 Å². The van der Waals surface area contributed by atoms with E-state index in [0.717, 1.165) is 38.8 Å². The van der Waals surface area contributed by atoms with Crippen LogP contribution in [0.2, 0.25) is 0 Å². The molecule has 1 N–H and O–H groups in total. The van der Waals surface area contributed by atoms with Crippen molar-refractivity contribution in [3.8, 4) is 0 Å². The summed E-state index contributed by atoms with van der Waals surface area (Å²) in [6.07, 6.45) is 10.5. The second-order valence-corrected chi connectivity index (χ2v) is 8.48. The molecule has 0 spiro atoms. The van der Waals surface area contributed by atoms with Crippen LogP contribution in [0.4, 0.5) is 0 Å². The zero-order chi connectivity index (χ0) is 18.6. The highest BCUT2D eigenvalue weighted by Crippen LogP contribution is 2.32. The highest BCUT2D eigenvalue weighted by Gasteiger charge is 2.35. The molecule has 2 aliphatic heterocycles. The van der Waals surface area contributed by atoms with Crippen LogP contribution in [0.5, 0.6) is 0 Å². The normalized spacial score (nSPS) is 25.2.